The Kier molecular flexibility index (Phi) is 3.76. The summed E-state index contributed by atoms with van der Waals surface area (Å²) >= 11 is 1.79. The van der Waals surface area contributed by atoms with Crippen molar-refractivity contribution < 1.29 is 5.94 Å². The van der Waals surface area contributed by atoms with E-state index in [1.54, 1.807) is 11.3 Å². The van der Waals surface area contributed by atoms with Gasteiger partial charge in [0.2, 0.25) is 5.69 Å². The summed E-state index contributed by atoms with van der Waals surface area (Å²) in [6.07, 6.45) is 0. The first kappa shape index (κ1) is 16.2. The van der Waals surface area contributed by atoms with Gasteiger partial charge in [0.1, 0.15) is 7.05 Å². The molecule has 0 saturated heterocycles. The summed E-state index contributed by atoms with van der Waals surface area (Å²) in [5.74, 6) is 0. The number of rotatable bonds is 2. The van der Waals surface area contributed by atoms with Gasteiger partial charge < -0.3 is 0 Å². The zero-order valence-corrected chi connectivity index (χ0v) is 18.2. The van der Waals surface area contributed by atoms with Crippen molar-refractivity contribution in [1.29, 1.82) is 0 Å². The molecular formula is C23H26NSSi+. The number of aromatic nitrogens is 1. The summed E-state index contributed by atoms with van der Waals surface area (Å²) in [5.41, 5.74) is 4.77. The Labute approximate surface area is 162 Å². The summed E-state index contributed by atoms with van der Waals surface area (Å²) < 4.78 is 12.3. The van der Waals surface area contributed by atoms with Gasteiger partial charge in [-0.05, 0) is 52.9 Å². The molecule has 2 aromatic heterocycles. The predicted molar refractivity (Wildman–Crippen MR) is 118 cm³/mol. The third kappa shape index (κ3) is 2.80. The Hall–Kier alpha value is -1.97. The van der Waals surface area contributed by atoms with Gasteiger partial charge in [0.25, 0.3) is 0 Å². The van der Waals surface area contributed by atoms with E-state index >= 15 is 0 Å². The lowest BCUT2D eigenvalue weighted by Crippen LogP contribution is -2.38. The van der Waals surface area contributed by atoms with Crippen molar-refractivity contribution >= 4 is 45.5 Å². The molecule has 3 heteroatoms. The molecule has 0 saturated carbocycles. The van der Waals surface area contributed by atoms with Crippen LogP contribution in [0.4, 0.5) is 0 Å². The molecular weight excluding hydrogens is 350 g/mol. The molecule has 0 fully saturated rings. The lowest BCUT2D eigenvalue weighted by atomic mass is 9.98. The van der Waals surface area contributed by atoms with Gasteiger partial charge >= 0.3 is 0 Å². The largest absolute Gasteiger partial charge is 0.220 e. The fraction of sp³-hybridized carbons (Fsp3) is 0.261. The van der Waals surface area contributed by atoms with Crippen LogP contribution in [0, 0.1) is 13.8 Å². The molecule has 0 bridgehead atoms. The summed E-state index contributed by atoms with van der Waals surface area (Å²) in [4.78, 5) is 0. The molecule has 132 valence electrons. The van der Waals surface area contributed by atoms with Gasteiger partial charge in [0.05, 0.1) is 20.4 Å². The number of aryl methyl sites for hydroxylation is 1. The minimum absolute atomic E-state index is 0.645. The number of nitrogens with zero attached hydrogens (tertiary/aromatic N) is 1. The van der Waals surface area contributed by atoms with Gasteiger partial charge in [-0.15, -0.1) is 11.3 Å². The molecule has 0 spiro atoms. The zero-order valence-electron chi connectivity index (χ0n) is 17.4. The molecule has 2 heterocycles. The Morgan fingerprint density at radius 3 is 2.50 bits per heavy atom. The van der Waals surface area contributed by atoms with Crippen molar-refractivity contribution in [2.24, 2.45) is 7.05 Å². The van der Waals surface area contributed by atoms with Crippen LogP contribution in [-0.2, 0) is 7.05 Å². The minimum Gasteiger partial charge on any atom is -0.198 e. The molecule has 0 N–H and O–H groups in total. The maximum absolute atomic E-state index is 8.75. The number of pyridine rings is 1. The number of benzene rings is 2. The molecule has 0 aliphatic heterocycles. The van der Waals surface area contributed by atoms with Crippen LogP contribution in [0.5, 0.6) is 0 Å². The van der Waals surface area contributed by atoms with Crippen LogP contribution in [0.1, 0.15) is 12.6 Å². The van der Waals surface area contributed by atoms with Crippen molar-refractivity contribution in [1.82, 2.24) is 0 Å². The minimum atomic E-state index is -1.43. The molecule has 0 amide bonds. The van der Waals surface area contributed by atoms with Crippen molar-refractivity contribution in [2.45, 2.75) is 33.5 Å². The van der Waals surface area contributed by atoms with Crippen molar-refractivity contribution in [3.05, 3.63) is 59.1 Å². The van der Waals surface area contributed by atoms with E-state index < -0.39 is 8.07 Å². The molecule has 0 aliphatic carbocycles. The Bertz CT molecular complexity index is 1200. The van der Waals surface area contributed by atoms with E-state index in [-0.39, 0.29) is 0 Å². The number of thiophene rings is 1. The van der Waals surface area contributed by atoms with Crippen LogP contribution in [0.2, 0.25) is 19.6 Å². The van der Waals surface area contributed by atoms with E-state index in [0.29, 0.717) is 6.04 Å². The van der Waals surface area contributed by atoms with Crippen LogP contribution in [0.3, 0.4) is 0 Å². The third-order valence-corrected chi connectivity index (χ3v) is 8.27. The van der Waals surface area contributed by atoms with E-state index in [9.17, 15) is 0 Å². The highest BCUT2D eigenvalue weighted by atomic mass is 32.1. The average Bonchev–Trinajstić information content (AvgIpc) is 3.06. The van der Waals surface area contributed by atoms with E-state index in [1.165, 1.54) is 37.5 Å². The lowest BCUT2D eigenvalue weighted by Gasteiger charge is -2.18. The molecule has 0 unspecified atom stereocenters. The second-order valence-electron chi connectivity index (χ2n) is 8.25. The zero-order chi connectivity index (χ0) is 19.5. The Morgan fingerprint density at radius 1 is 1.00 bits per heavy atom. The van der Waals surface area contributed by atoms with E-state index in [2.05, 4.69) is 86.9 Å². The first-order valence-electron chi connectivity index (χ1n) is 9.60. The van der Waals surface area contributed by atoms with Crippen LogP contribution < -0.4 is 9.75 Å². The van der Waals surface area contributed by atoms with Crippen molar-refractivity contribution in [2.75, 3.05) is 0 Å². The second kappa shape index (κ2) is 6.03. The van der Waals surface area contributed by atoms with Crippen LogP contribution in [0.15, 0.2) is 47.8 Å². The Morgan fingerprint density at radius 2 is 1.77 bits per heavy atom. The van der Waals surface area contributed by atoms with E-state index in [4.69, 9.17) is 1.37 Å². The highest BCUT2D eigenvalue weighted by Gasteiger charge is 2.23. The van der Waals surface area contributed by atoms with Gasteiger partial charge in [0.15, 0.2) is 5.69 Å². The van der Waals surface area contributed by atoms with Crippen LogP contribution in [-0.4, -0.2) is 8.07 Å². The van der Waals surface area contributed by atoms with Crippen molar-refractivity contribution in [3.63, 3.8) is 0 Å². The molecule has 0 radical (unpaired) electrons. The second-order valence-corrected chi connectivity index (χ2v) is 14.3. The Balaban J connectivity index is 2.12. The van der Waals surface area contributed by atoms with Crippen molar-refractivity contribution in [3.8, 4) is 11.3 Å². The van der Waals surface area contributed by atoms with E-state index in [0.717, 1.165) is 11.1 Å². The maximum atomic E-state index is 8.75. The molecule has 0 atom stereocenters. The monoisotopic (exact) mass is 377 g/mol. The van der Waals surface area contributed by atoms with Gasteiger partial charge in [-0.1, -0.05) is 37.0 Å². The van der Waals surface area contributed by atoms with Gasteiger partial charge in [-0.25, -0.2) is 0 Å². The number of fused-ring (bicyclic) bond motifs is 2. The molecule has 26 heavy (non-hydrogen) atoms. The van der Waals surface area contributed by atoms with Crippen LogP contribution in [0.25, 0.3) is 32.1 Å². The fourth-order valence-corrected chi connectivity index (χ4v) is 5.62. The quantitative estimate of drug-likeness (QED) is 0.311. The highest BCUT2D eigenvalue weighted by molar-refractivity contribution is 7.17. The molecule has 1 nitrogen and oxygen atoms in total. The lowest BCUT2D eigenvalue weighted by molar-refractivity contribution is -0.665. The van der Waals surface area contributed by atoms with Crippen LogP contribution >= 0.6 is 11.3 Å². The topological polar surface area (TPSA) is 3.88 Å². The third-order valence-electron chi connectivity index (χ3n) is 5.35. The summed E-state index contributed by atoms with van der Waals surface area (Å²) in [7, 11) is 0.662. The van der Waals surface area contributed by atoms with Gasteiger partial charge in [-0.2, -0.15) is 4.57 Å². The fourth-order valence-electron chi connectivity index (χ4n) is 3.65. The van der Waals surface area contributed by atoms with Gasteiger partial charge in [0, 0.05) is 17.7 Å². The maximum Gasteiger partial charge on any atom is 0.220 e. The molecule has 4 rings (SSSR count). The first-order valence-corrected chi connectivity index (χ1v) is 13.5. The van der Waals surface area contributed by atoms with E-state index in [1.807, 2.05) is 0 Å². The average molecular weight is 378 g/mol. The van der Waals surface area contributed by atoms with Gasteiger partial charge in [-0.3, -0.25) is 0 Å². The SMILES string of the molecule is [2H]c1c(C)[n+](C)c(-c2cc3sccc3cc2C)c2ccc([Si](C)(C)C)cc12. The number of hydrogen-bond acceptors (Lipinski definition) is 1. The summed E-state index contributed by atoms with van der Waals surface area (Å²) in [5, 5.41) is 7.13. The molecule has 4 aromatic rings. The number of hydrogen-bond donors (Lipinski definition) is 0. The smallest absolute Gasteiger partial charge is 0.198 e. The highest BCUT2D eigenvalue weighted by Crippen LogP contribution is 2.33. The molecule has 0 aliphatic rings. The predicted octanol–water partition coefficient (Wildman–Crippen LogP) is 5.71. The summed E-state index contributed by atoms with van der Waals surface area (Å²) in [6.45, 7) is 11.3. The first-order chi connectivity index (χ1) is 12.7. The molecule has 2 aromatic carbocycles. The summed E-state index contributed by atoms with van der Waals surface area (Å²) in [6, 6.07) is 14.2. The normalized spacial score (nSPS) is 12.8. The standard InChI is InChI=1S/C23H26NSSi/c1-15-11-17-9-10-25-22(17)14-21(15)23-20-8-7-19(26(4,5)6)13-18(20)12-16(2)24(23)3/h7-14H,1-6H3/q+1/i12D.